The molecule has 25 heavy (non-hydrogen) atoms. The zero-order valence-corrected chi connectivity index (χ0v) is 15.2. The van der Waals surface area contributed by atoms with E-state index in [-0.39, 0.29) is 11.7 Å². The van der Waals surface area contributed by atoms with Crippen LogP contribution in [0.3, 0.4) is 0 Å². The second-order valence-corrected chi connectivity index (χ2v) is 7.57. The number of aryl methyl sites for hydroxylation is 1. The Kier molecular flexibility index (Phi) is 5.52. The van der Waals surface area contributed by atoms with Crippen molar-refractivity contribution in [1.29, 1.82) is 0 Å². The van der Waals surface area contributed by atoms with Crippen LogP contribution in [0.5, 0.6) is 0 Å². The fourth-order valence-electron chi connectivity index (χ4n) is 2.06. The lowest BCUT2D eigenvalue weighted by Gasteiger charge is -2.11. The molecule has 0 saturated carbocycles. The van der Waals surface area contributed by atoms with Crippen molar-refractivity contribution in [3.8, 4) is 5.69 Å². The van der Waals surface area contributed by atoms with Crippen LogP contribution in [0, 0.1) is 6.92 Å². The number of amides is 1. The van der Waals surface area contributed by atoms with Crippen LogP contribution in [-0.2, 0) is 4.79 Å². The molecule has 2 N–H and O–H groups in total. The molecule has 1 amide bonds. The number of hydrazine groups is 1. The first-order valence-corrected chi connectivity index (χ1v) is 9.32. The van der Waals surface area contributed by atoms with Crippen LogP contribution in [0.1, 0.15) is 10.6 Å². The number of nitrogens with one attached hydrogen (secondary N) is 2. The largest absolute Gasteiger partial charge is 0.324 e. The maximum atomic E-state index is 11.9. The van der Waals surface area contributed by atoms with E-state index in [0.717, 1.165) is 20.6 Å². The van der Waals surface area contributed by atoms with Gasteiger partial charge in [-0.05, 0) is 36.8 Å². The molecule has 3 rings (SSSR count). The molecule has 2 heterocycles. The number of nitrogens with zero attached hydrogens (tertiary/aromatic N) is 3. The molecule has 0 spiro atoms. The molecular formula is C17H17N5OS2. The van der Waals surface area contributed by atoms with Crippen molar-refractivity contribution in [3.05, 3.63) is 65.9 Å². The maximum Gasteiger partial charge on any atom is 0.248 e. The van der Waals surface area contributed by atoms with E-state index in [1.54, 1.807) is 0 Å². The zero-order valence-electron chi connectivity index (χ0n) is 13.6. The molecule has 0 atom stereocenters. The van der Waals surface area contributed by atoms with E-state index in [9.17, 15) is 4.79 Å². The van der Waals surface area contributed by atoms with Crippen molar-refractivity contribution in [1.82, 2.24) is 25.6 Å². The molecule has 1 aromatic carbocycles. The van der Waals surface area contributed by atoms with Crippen LogP contribution in [0.2, 0.25) is 0 Å². The normalized spacial score (nSPS) is 10.4. The molecule has 0 aliphatic carbocycles. The minimum absolute atomic E-state index is 0.150. The molecule has 0 bridgehead atoms. The summed E-state index contributed by atoms with van der Waals surface area (Å²) < 4.78 is 2.81. The average Bonchev–Trinajstić information content (AvgIpc) is 3.30. The lowest BCUT2D eigenvalue weighted by molar-refractivity contribution is -0.119. The summed E-state index contributed by atoms with van der Waals surface area (Å²) in [7, 11) is 0. The van der Waals surface area contributed by atoms with E-state index >= 15 is 0 Å². The quantitative estimate of drug-likeness (QED) is 0.493. The van der Waals surface area contributed by atoms with Gasteiger partial charge in [0, 0.05) is 18.1 Å². The average molecular weight is 371 g/mol. The van der Waals surface area contributed by atoms with Crippen molar-refractivity contribution in [2.45, 2.75) is 11.3 Å². The summed E-state index contributed by atoms with van der Waals surface area (Å²) in [6.07, 6.45) is 3.97. The highest BCUT2D eigenvalue weighted by Gasteiger charge is 2.07. The molecule has 0 radical (unpaired) electrons. The second kappa shape index (κ2) is 8.00. The van der Waals surface area contributed by atoms with Gasteiger partial charge in [-0.2, -0.15) is 0 Å². The first-order chi connectivity index (χ1) is 12.1. The van der Waals surface area contributed by atoms with Crippen molar-refractivity contribution >= 4 is 34.7 Å². The summed E-state index contributed by atoms with van der Waals surface area (Å²) in [5.41, 5.74) is 8.09. The highest BCUT2D eigenvalue weighted by molar-refractivity contribution is 8.01. The Balaban J connectivity index is 1.47. The van der Waals surface area contributed by atoms with E-state index in [4.69, 9.17) is 0 Å². The van der Waals surface area contributed by atoms with Gasteiger partial charge >= 0.3 is 0 Å². The Morgan fingerprint density at radius 1 is 1.20 bits per heavy atom. The molecule has 3 aromatic rings. The summed E-state index contributed by atoms with van der Waals surface area (Å²) in [6, 6.07) is 11.9. The number of hydrogen-bond donors (Lipinski definition) is 2. The first-order valence-electron chi connectivity index (χ1n) is 7.52. The number of hydrogen-bond acceptors (Lipinski definition) is 6. The van der Waals surface area contributed by atoms with E-state index in [1.165, 1.54) is 23.1 Å². The van der Waals surface area contributed by atoms with Crippen LogP contribution in [0.4, 0.5) is 0 Å². The molecule has 6 nitrogen and oxygen atoms in total. The third-order valence-corrected chi connectivity index (χ3v) is 5.28. The number of thioether (sulfide) groups is 1. The number of aromatic nitrogens is 3. The predicted octanol–water partition coefficient (Wildman–Crippen LogP) is 3.02. The summed E-state index contributed by atoms with van der Waals surface area (Å²) >= 11 is 2.83. The van der Waals surface area contributed by atoms with Crippen molar-refractivity contribution in [3.63, 3.8) is 0 Å². The predicted molar refractivity (Wildman–Crippen MR) is 101 cm³/mol. The number of carbonyl (C=O) groups is 1. The summed E-state index contributed by atoms with van der Waals surface area (Å²) in [6.45, 7) is 5.84. The van der Waals surface area contributed by atoms with E-state index in [0.29, 0.717) is 5.70 Å². The standard InChI is InChI=1S/C17H17N5OS2/c1-12(14-5-7-15(8-6-14)22-9-3-4-10-22)18-20-16(23)11-24-17-21-19-13(2)25-17/h3-10,18H,1,11H2,2H3,(H,20,23). The van der Waals surface area contributed by atoms with Gasteiger partial charge in [0.1, 0.15) is 5.01 Å². The van der Waals surface area contributed by atoms with E-state index in [1.807, 2.05) is 60.3 Å². The Bertz CT molecular complexity index is 856. The molecule has 0 saturated heterocycles. The van der Waals surface area contributed by atoms with Gasteiger partial charge in [-0.15, -0.1) is 10.2 Å². The van der Waals surface area contributed by atoms with Gasteiger partial charge < -0.3 is 4.57 Å². The van der Waals surface area contributed by atoms with Gasteiger partial charge in [0.25, 0.3) is 0 Å². The number of rotatable bonds is 7. The van der Waals surface area contributed by atoms with Gasteiger partial charge in [0.05, 0.1) is 11.4 Å². The minimum Gasteiger partial charge on any atom is -0.324 e. The second-order valence-electron chi connectivity index (χ2n) is 5.16. The monoisotopic (exact) mass is 371 g/mol. The van der Waals surface area contributed by atoms with Gasteiger partial charge in [-0.1, -0.05) is 41.8 Å². The van der Waals surface area contributed by atoms with Crippen molar-refractivity contribution < 1.29 is 4.79 Å². The number of benzene rings is 1. The minimum atomic E-state index is -0.150. The highest BCUT2D eigenvalue weighted by atomic mass is 32.2. The number of carbonyl (C=O) groups excluding carboxylic acids is 1. The fourth-order valence-corrected chi connectivity index (χ4v) is 3.67. The molecule has 8 heteroatoms. The summed E-state index contributed by atoms with van der Waals surface area (Å²) in [5.74, 6) is 0.115. The maximum absolute atomic E-state index is 11.9. The van der Waals surface area contributed by atoms with Gasteiger partial charge in [0.15, 0.2) is 4.34 Å². The summed E-state index contributed by atoms with van der Waals surface area (Å²) in [4.78, 5) is 11.9. The smallest absolute Gasteiger partial charge is 0.248 e. The van der Waals surface area contributed by atoms with Crippen LogP contribution in [-0.4, -0.2) is 26.4 Å². The zero-order chi connectivity index (χ0) is 17.6. The van der Waals surface area contributed by atoms with Crippen molar-refractivity contribution in [2.75, 3.05) is 5.75 Å². The van der Waals surface area contributed by atoms with Gasteiger partial charge in [0.2, 0.25) is 5.91 Å². The highest BCUT2D eigenvalue weighted by Crippen LogP contribution is 2.21. The Hall–Kier alpha value is -2.58. The molecule has 0 unspecified atom stereocenters. The molecule has 0 aliphatic rings. The molecule has 2 aromatic heterocycles. The van der Waals surface area contributed by atoms with Crippen molar-refractivity contribution in [2.24, 2.45) is 0 Å². The molecule has 0 fully saturated rings. The molecule has 128 valence electrons. The van der Waals surface area contributed by atoms with Crippen LogP contribution < -0.4 is 10.9 Å². The molecule has 0 aliphatic heterocycles. The van der Waals surface area contributed by atoms with Crippen LogP contribution in [0.15, 0.2) is 59.7 Å². The lowest BCUT2D eigenvalue weighted by Crippen LogP contribution is -2.37. The van der Waals surface area contributed by atoms with Crippen LogP contribution in [0.25, 0.3) is 11.4 Å². The summed E-state index contributed by atoms with van der Waals surface area (Å²) in [5, 5.41) is 8.78. The fraction of sp³-hybridized carbons (Fsp3) is 0.118. The Labute approximate surface area is 154 Å². The van der Waals surface area contributed by atoms with Gasteiger partial charge in [-0.25, -0.2) is 0 Å². The lowest BCUT2D eigenvalue weighted by atomic mass is 10.1. The molecular weight excluding hydrogens is 354 g/mol. The van der Waals surface area contributed by atoms with E-state index < -0.39 is 0 Å². The Morgan fingerprint density at radius 2 is 1.92 bits per heavy atom. The van der Waals surface area contributed by atoms with Gasteiger partial charge in [-0.3, -0.25) is 15.6 Å². The third-order valence-electron chi connectivity index (χ3n) is 3.31. The van der Waals surface area contributed by atoms with Crippen LogP contribution >= 0.6 is 23.1 Å². The first kappa shape index (κ1) is 17.2. The topological polar surface area (TPSA) is 71.8 Å². The SMILES string of the molecule is C=C(NNC(=O)CSc1nnc(C)s1)c1ccc(-n2cccc2)cc1. The Morgan fingerprint density at radius 3 is 2.56 bits per heavy atom. The van der Waals surface area contributed by atoms with E-state index in [2.05, 4.69) is 27.6 Å². The third kappa shape index (κ3) is 4.71.